The van der Waals surface area contributed by atoms with Crippen molar-refractivity contribution in [1.29, 1.82) is 0 Å². The standard InChI is InChI=1S/C71H110N6O32/c1-14-22-90-28-34-96-40-41-99-37-31-93-25-19-56(79)77(20-26-94-32-38-97-35-29-91-23-15-17-57(80)106-61(54-44-100-68(86)104-54)60-46(2)50(42-52(102-60)64(82)88-12)72-47(3)74-66(84)108-70(6,7)8)21-27-95-33-39-98-36-30-92-24-16-18-58(81)107-62(55-45-101-69(87)105-55)63-59(76-49(5)78)51(43-53(103-63)65(83)89-13)73-48(4)75-67(85)109-71(9,10)11/h1,42-43,46,50-51,54-55,59-63,73H,4,15-41,44-45H2,2-3,5-13H3,(H,75,85)(H,76,78)(H,72,74,84)/t46-,50+,51+,54-,55-,59-,60-,61-,62-,63-/m1/s1. The van der Waals surface area contributed by atoms with Crippen molar-refractivity contribution < 1.29 is 152 Å². The van der Waals surface area contributed by atoms with Gasteiger partial charge in [-0.1, -0.05) is 19.4 Å². The van der Waals surface area contributed by atoms with Gasteiger partial charge in [-0.05, 0) is 73.5 Å². The fraction of sp³-hybridized carbons (Fsp3) is 0.732. The third kappa shape index (κ3) is 38.5. The number of esters is 4. The zero-order valence-electron chi connectivity index (χ0n) is 64.2. The third-order valence-electron chi connectivity index (χ3n) is 15.2. The molecule has 109 heavy (non-hydrogen) atoms. The lowest BCUT2D eigenvalue weighted by Gasteiger charge is -2.41. The maximum Gasteiger partial charge on any atom is 0.508 e. The normalized spacial score (nSPS) is 20.2. The average Bonchev–Trinajstić information content (AvgIpc) is 1.72. The second-order valence-electron chi connectivity index (χ2n) is 26.4. The van der Waals surface area contributed by atoms with E-state index in [1.54, 1.807) is 53.4 Å². The minimum absolute atomic E-state index is 0.0822. The summed E-state index contributed by atoms with van der Waals surface area (Å²) in [5, 5.41) is 10.6. The van der Waals surface area contributed by atoms with Gasteiger partial charge in [-0.3, -0.25) is 34.8 Å². The van der Waals surface area contributed by atoms with Crippen molar-refractivity contribution in [3.05, 3.63) is 36.1 Å². The van der Waals surface area contributed by atoms with Gasteiger partial charge < -0.3 is 120 Å². The number of hydrogen-bond donors (Lipinski definition) is 4. The van der Waals surface area contributed by atoms with Crippen LogP contribution in [0, 0.1) is 18.3 Å². The van der Waals surface area contributed by atoms with Crippen molar-refractivity contribution in [2.45, 2.75) is 160 Å². The van der Waals surface area contributed by atoms with Crippen molar-refractivity contribution in [3.8, 4) is 12.3 Å². The summed E-state index contributed by atoms with van der Waals surface area (Å²) in [6.45, 7) is 22.7. The molecule has 0 spiro atoms. The largest absolute Gasteiger partial charge is 0.508 e. The van der Waals surface area contributed by atoms with Gasteiger partial charge in [0, 0.05) is 52.0 Å². The number of methoxy groups -OCH3 is 2. The number of amidine groups is 1. The fourth-order valence-corrected chi connectivity index (χ4v) is 10.3. The van der Waals surface area contributed by atoms with Crippen LogP contribution in [-0.4, -0.2) is 310 Å². The van der Waals surface area contributed by atoms with Crippen molar-refractivity contribution in [2.24, 2.45) is 10.9 Å². The van der Waals surface area contributed by atoms with Crippen LogP contribution >= 0.6 is 0 Å². The molecule has 4 heterocycles. The highest BCUT2D eigenvalue weighted by Gasteiger charge is 2.51. The van der Waals surface area contributed by atoms with Gasteiger partial charge >= 0.3 is 48.4 Å². The number of ether oxygens (including phenoxy) is 22. The summed E-state index contributed by atoms with van der Waals surface area (Å²) in [6, 6.07) is -3.06. The Labute approximate surface area is 634 Å². The fourth-order valence-electron chi connectivity index (χ4n) is 10.3. The Kier molecular flexibility index (Phi) is 43.3. The average molecular weight is 1560 g/mol. The van der Waals surface area contributed by atoms with E-state index in [1.165, 1.54) is 26.0 Å². The van der Waals surface area contributed by atoms with Crippen LogP contribution in [-0.2, 0) is 133 Å². The van der Waals surface area contributed by atoms with E-state index in [9.17, 15) is 47.9 Å². The number of hydrogen-bond acceptors (Lipinski definition) is 34. The molecule has 4 rings (SSSR count). The first kappa shape index (κ1) is 92.7. The molecule has 0 aromatic carbocycles. The topological polar surface area (TPSA) is 437 Å². The molecule has 4 amide bonds. The van der Waals surface area contributed by atoms with Gasteiger partial charge in [0.1, 0.15) is 48.8 Å². The van der Waals surface area contributed by atoms with Crippen LogP contribution in [0.15, 0.2) is 41.1 Å². The lowest BCUT2D eigenvalue weighted by molar-refractivity contribution is -0.172. The summed E-state index contributed by atoms with van der Waals surface area (Å²) in [5.74, 6) is -2.79. The zero-order chi connectivity index (χ0) is 80.2. The van der Waals surface area contributed by atoms with Crippen LogP contribution in [0.4, 0.5) is 19.2 Å². The Morgan fingerprint density at radius 2 is 0.972 bits per heavy atom. The molecule has 0 radical (unpaired) electrons. The van der Waals surface area contributed by atoms with Crippen LogP contribution in [0.25, 0.3) is 0 Å². The number of aliphatic imine (C=N–C) groups is 1. The molecule has 0 aromatic rings. The lowest BCUT2D eigenvalue weighted by Crippen LogP contribution is -2.64. The van der Waals surface area contributed by atoms with E-state index in [0.29, 0.717) is 33.0 Å². The summed E-state index contributed by atoms with van der Waals surface area (Å²) in [7, 11) is 2.27. The van der Waals surface area contributed by atoms with Gasteiger partial charge in [-0.15, -0.1) is 6.42 Å². The molecule has 0 unspecified atom stereocenters. The summed E-state index contributed by atoms with van der Waals surface area (Å²) >= 11 is 0. The van der Waals surface area contributed by atoms with E-state index >= 15 is 0 Å². The minimum atomic E-state index is -1.48. The molecule has 2 saturated heterocycles. The molecule has 2 fully saturated rings. The first-order valence-corrected chi connectivity index (χ1v) is 35.8. The maximum absolute atomic E-state index is 13.5. The third-order valence-corrected chi connectivity index (χ3v) is 15.2. The predicted octanol–water partition coefficient (Wildman–Crippen LogP) is 2.78. The van der Waals surface area contributed by atoms with Crippen LogP contribution in [0.2, 0.25) is 0 Å². The molecule has 4 N–H and O–H groups in total. The molecule has 616 valence electrons. The molecule has 4 aliphatic heterocycles. The lowest BCUT2D eigenvalue weighted by atomic mass is 9.87. The number of carbonyl (C=O) groups excluding carboxylic acids is 10. The molecule has 10 atom stereocenters. The van der Waals surface area contributed by atoms with E-state index in [-0.39, 0.29) is 187 Å². The zero-order valence-corrected chi connectivity index (χ0v) is 64.2. The molecule has 38 nitrogen and oxygen atoms in total. The van der Waals surface area contributed by atoms with Gasteiger partial charge in [0.2, 0.25) is 23.3 Å². The Morgan fingerprint density at radius 1 is 0.560 bits per heavy atom. The van der Waals surface area contributed by atoms with Crippen molar-refractivity contribution in [3.63, 3.8) is 0 Å². The molecule has 0 aliphatic carbocycles. The summed E-state index contributed by atoms with van der Waals surface area (Å²) < 4.78 is 121. The summed E-state index contributed by atoms with van der Waals surface area (Å²) in [4.78, 5) is 134. The number of carbonyl (C=O) groups is 10. The van der Waals surface area contributed by atoms with E-state index < -0.39 is 126 Å². The van der Waals surface area contributed by atoms with Gasteiger partial charge in [0.15, 0.2) is 30.5 Å². The highest BCUT2D eigenvalue weighted by molar-refractivity contribution is 5.94. The van der Waals surface area contributed by atoms with E-state index in [0.717, 1.165) is 14.2 Å². The quantitative estimate of drug-likeness (QED) is 0.0170. The van der Waals surface area contributed by atoms with Gasteiger partial charge in [-0.25, -0.2) is 28.8 Å². The Morgan fingerprint density at radius 3 is 1.40 bits per heavy atom. The Balaban J connectivity index is 1.18. The van der Waals surface area contributed by atoms with Gasteiger partial charge in [0.05, 0.1) is 151 Å². The van der Waals surface area contributed by atoms with Crippen LogP contribution < -0.4 is 21.3 Å². The molecule has 38 heteroatoms. The Hall–Kier alpha value is -8.65. The number of amides is 4. The first-order valence-electron chi connectivity index (χ1n) is 35.8. The second kappa shape index (κ2) is 50.9. The number of alkyl carbamates (subject to hydrolysis) is 2. The van der Waals surface area contributed by atoms with Crippen LogP contribution in [0.1, 0.15) is 94.4 Å². The number of cyclic esters (lactones) is 4. The van der Waals surface area contributed by atoms with Crippen molar-refractivity contribution >= 4 is 66.0 Å². The molecule has 0 aromatic heterocycles. The van der Waals surface area contributed by atoms with Crippen LogP contribution in [0.5, 0.6) is 0 Å². The number of nitrogens with one attached hydrogen (secondary N) is 4. The summed E-state index contributed by atoms with van der Waals surface area (Å²) in [6.07, 6.45) is -3.20. The highest BCUT2D eigenvalue weighted by atomic mass is 16.8. The first-order chi connectivity index (χ1) is 52.0. The van der Waals surface area contributed by atoms with E-state index in [2.05, 4.69) is 38.8 Å². The molecule has 0 bridgehead atoms. The molecular weight excluding hydrogens is 1450 g/mol. The minimum Gasteiger partial charge on any atom is -0.479 e. The summed E-state index contributed by atoms with van der Waals surface area (Å²) in [5.41, 5.74) is -1.64. The van der Waals surface area contributed by atoms with E-state index in [4.69, 9.17) is 111 Å². The predicted molar refractivity (Wildman–Crippen MR) is 377 cm³/mol. The number of rotatable bonds is 52. The van der Waals surface area contributed by atoms with E-state index in [1.807, 2.05) is 0 Å². The highest BCUT2D eigenvalue weighted by Crippen LogP contribution is 2.34. The second-order valence-corrected chi connectivity index (χ2v) is 26.4. The molecule has 4 aliphatic rings. The van der Waals surface area contributed by atoms with Gasteiger partial charge in [-0.2, -0.15) is 0 Å². The monoisotopic (exact) mass is 1560 g/mol. The van der Waals surface area contributed by atoms with Gasteiger partial charge in [0.25, 0.3) is 0 Å². The van der Waals surface area contributed by atoms with Crippen LogP contribution in [0.3, 0.4) is 0 Å². The molecular formula is C71H110N6O32. The maximum atomic E-state index is 13.5. The number of nitrogens with zero attached hydrogens (tertiary/aromatic N) is 2. The van der Waals surface area contributed by atoms with Crippen molar-refractivity contribution in [1.82, 2.24) is 26.2 Å². The SMILES string of the molecule is C#CCOCCOCCOCCOCCC(=O)N(CCOCCOCCOCCCC(=O)O[C@@H]([C@@H]1OC(C(=O)OC)=C[C@H](N=C(C)NC(=O)OC(C)(C)C)[C@H]1C)[C@H]1COC(=O)O1)CCOCCOCCOCCCC(=O)O[C@@H]([C@@H]1OC(C(=O)OC)=C[C@H](NC(=C)NC(=O)OC(C)(C)C)[C@H]1NC(C)=O)[C@H]1COC(=O)O1. The number of terminal acetylenes is 1. The Bertz CT molecular complexity index is 3020. The van der Waals surface area contributed by atoms with Crippen molar-refractivity contribution in [2.75, 3.05) is 173 Å². The smallest absolute Gasteiger partial charge is 0.479 e. The molecule has 0 saturated carbocycles.